The molecule has 3 aromatic rings. The molecular weight excluding hydrogens is 364 g/mol. The van der Waals surface area contributed by atoms with E-state index in [-0.39, 0.29) is 11.9 Å². The lowest BCUT2D eigenvalue weighted by molar-refractivity contribution is -0.933. The molecule has 3 atom stereocenters. The monoisotopic (exact) mass is 389 g/mol. The standard InChI is InChI=1S/C19H24N4O3S/c1-12-5-4-8-22(10-12)16(13-6-7-14(25-2)15(9-13)26-3)17-18(24)23-19(27-17)20-11-21-23/h6-7,9,11-12,16,24H,4-5,8,10H2,1-3H3/p+1/t12-,16-/m0/s1. The second-order valence-electron chi connectivity index (χ2n) is 7.15. The minimum atomic E-state index is 0.000978. The van der Waals surface area contributed by atoms with E-state index in [4.69, 9.17) is 9.47 Å². The molecule has 0 spiro atoms. The number of ether oxygens (including phenoxy) is 2. The first kappa shape index (κ1) is 18.1. The zero-order chi connectivity index (χ0) is 19.0. The Morgan fingerprint density at radius 3 is 2.81 bits per heavy atom. The predicted octanol–water partition coefficient (Wildman–Crippen LogP) is 1.92. The number of aromatic hydroxyl groups is 1. The van der Waals surface area contributed by atoms with E-state index in [0.717, 1.165) is 23.5 Å². The fourth-order valence-electron chi connectivity index (χ4n) is 4.08. The van der Waals surface area contributed by atoms with Crippen LogP contribution in [-0.2, 0) is 0 Å². The number of benzene rings is 1. The maximum atomic E-state index is 10.8. The lowest BCUT2D eigenvalue weighted by atomic mass is 9.95. The smallest absolute Gasteiger partial charge is 0.235 e. The van der Waals surface area contributed by atoms with Gasteiger partial charge in [0.15, 0.2) is 17.5 Å². The van der Waals surface area contributed by atoms with Crippen molar-refractivity contribution in [1.29, 1.82) is 0 Å². The number of quaternary nitrogens is 1. The van der Waals surface area contributed by atoms with E-state index in [9.17, 15) is 5.11 Å². The first-order valence-corrected chi connectivity index (χ1v) is 10.0. The Labute approximate surface area is 162 Å². The van der Waals surface area contributed by atoms with Gasteiger partial charge in [0.1, 0.15) is 11.2 Å². The van der Waals surface area contributed by atoms with Crippen LogP contribution >= 0.6 is 11.3 Å². The van der Waals surface area contributed by atoms with Gasteiger partial charge < -0.3 is 19.5 Å². The molecule has 1 unspecified atom stereocenters. The van der Waals surface area contributed by atoms with E-state index in [2.05, 4.69) is 23.1 Å². The molecular formula is C19H25N4O3S+. The van der Waals surface area contributed by atoms with Gasteiger partial charge in [0.2, 0.25) is 10.8 Å². The highest BCUT2D eigenvalue weighted by molar-refractivity contribution is 7.17. The number of methoxy groups -OCH3 is 2. The van der Waals surface area contributed by atoms with Gasteiger partial charge in [0.05, 0.1) is 27.3 Å². The van der Waals surface area contributed by atoms with Gasteiger partial charge in [-0.2, -0.15) is 9.61 Å². The molecule has 0 radical (unpaired) electrons. The minimum absolute atomic E-state index is 0.000978. The third kappa shape index (κ3) is 3.23. The topological polar surface area (TPSA) is 73.3 Å². The van der Waals surface area contributed by atoms with Gasteiger partial charge in [-0.25, -0.2) is 4.98 Å². The van der Waals surface area contributed by atoms with Crippen molar-refractivity contribution in [2.45, 2.75) is 25.8 Å². The highest BCUT2D eigenvalue weighted by atomic mass is 32.1. The van der Waals surface area contributed by atoms with Crippen molar-refractivity contribution in [3.8, 4) is 17.4 Å². The highest BCUT2D eigenvalue weighted by Crippen LogP contribution is 2.37. The van der Waals surface area contributed by atoms with Crippen molar-refractivity contribution in [2.75, 3.05) is 27.3 Å². The summed E-state index contributed by atoms with van der Waals surface area (Å²) in [6, 6.07) is 6.02. The highest BCUT2D eigenvalue weighted by Gasteiger charge is 2.35. The Morgan fingerprint density at radius 2 is 2.11 bits per heavy atom. The van der Waals surface area contributed by atoms with Gasteiger partial charge in [-0.05, 0) is 31.0 Å². The zero-order valence-electron chi connectivity index (χ0n) is 15.8. The number of hydrogen-bond acceptors (Lipinski definition) is 6. The van der Waals surface area contributed by atoms with E-state index in [1.165, 1.54) is 39.9 Å². The second kappa shape index (κ2) is 7.36. The molecule has 0 aliphatic carbocycles. The number of likely N-dealkylation sites (tertiary alicyclic amines) is 1. The Balaban J connectivity index is 1.83. The van der Waals surface area contributed by atoms with Gasteiger partial charge >= 0.3 is 0 Å². The Bertz CT molecular complexity index is 938. The number of piperidine rings is 1. The summed E-state index contributed by atoms with van der Waals surface area (Å²) in [6.07, 6.45) is 3.90. The van der Waals surface area contributed by atoms with Gasteiger partial charge in [-0.3, -0.25) is 0 Å². The Kier molecular flexibility index (Phi) is 4.92. The van der Waals surface area contributed by atoms with Crippen molar-refractivity contribution >= 4 is 16.3 Å². The first-order valence-electron chi connectivity index (χ1n) is 9.20. The summed E-state index contributed by atoms with van der Waals surface area (Å²) in [5, 5.41) is 15.0. The van der Waals surface area contributed by atoms with Gasteiger partial charge in [0.25, 0.3) is 0 Å². The van der Waals surface area contributed by atoms with Crippen molar-refractivity contribution in [3.05, 3.63) is 35.0 Å². The number of rotatable bonds is 5. The molecule has 27 heavy (non-hydrogen) atoms. The van der Waals surface area contributed by atoms with Crippen LogP contribution in [0.25, 0.3) is 4.96 Å². The summed E-state index contributed by atoms with van der Waals surface area (Å²) < 4.78 is 12.4. The van der Waals surface area contributed by atoms with Gasteiger partial charge in [0, 0.05) is 11.5 Å². The van der Waals surface area contributed by atoms with Gasteiger partial charge in [-0.15, -0.1) is 0 Å². The summed E-state index contributed by atoms with van der Waals surface area (Å²) in [5.74, 6) is 2.23. The van der Waals surface area contributed by atoms with E-state index < -0.39 is 0 Å². The van der Waals surface area contributed by atoms with E-state index in [1.54, 1.807) is 14.2 Å². The third-order valence-corrected chi connectivity index (χ3v) is 6.45. The van der Waals surface area contributed by atoms with Crippen LogP contribution in [0.4, 0.5) is 0 Å². The predicted molar refractivity (Wildman–Crippen MR) is 103 cm³/mol. The molecule has 144 valence electrons. The largest absolute Gasteiger partial charge is 0.493 e. The molecule has 1 saturated heterocycles. The van der Waals surface area contributed by atoms with Crippen LogP contribution in [0.15, 0.2) is 24.5 Å². The van der Waals surface area contributed by atoms with Crippen LogP contribution in [0.3, 0.4) is 0 Å². The molecule has 2 N–H and O–H groups in total. The SMILES string of the molecule is COc1ccc([C@@H](c2sc3ncnn3c2O)[NH+]2CCC[C@H](C)C2)cc1OC. The molecule has 0 saturated carbocycles. The van der Waals surface area contributed by atoms with E-state index >= 15 is 0 Å². The number of hydrogen-bond donors (Lipinski definition) is 2. The summed E-state index contributed by atoms with van der Waals surface area (Å²) in [4.78, 5) is 7.30. The molecule has 1 aliphatic rings. The molecule has 1 aromatic carbocycles. The number of fused-ring (bicyclic) bond motifs is 1. The van der Waals surface area contributed by atoms with Crippen molar-refractivity contribution in [1.82, 2.24) is 14.6 Å². The average Bonchev–Trinajstić information content (AvgIpc) is 3.25. The molecule has 1 fully saturated rings. The molecule has 8 heteroatoms. The molecule has 7 nitrogen and oxygen atoms in total. The number of aromatic nitrogens is 3. The quantitative estimate of drug-likeness (QED) is 0.698. The molecule has 4 rings (SSSR count). The average molecular weight is 390 g/mol. The molecule has 3 heterocycles. The zero-order valence-corrected chi connectivity index (χ0v) is 16.6. The maximum Gasteiger partial charge on any atom is 0.235 e. The van der Waals surface area contributed by atoms with Crippen molar-refractivity contribution in [3.63, 3.8) is 0 Å². The van der Waals surface area contributed by atoms with Crippen LogP contribution < -0.4 is 14.4 Å². The van der Waals surface area contributed by atoms with Crippen LogP contribution in [0.1, 0.15) is 36.2 Å². The number of nitrogens with one attached hydrogen (secondary N) is 1. The van der Waals surface area contributed by atoms with Crippen LogP contribution in [0.2, 0.25) is 0 Å². The lowest BCUT2D eigenvalue weighted by Gasteiger charge is -2.34. The fraction of sp³-hybridized carbons (Fsp3) is 0.474. The molecule has 0 bridgehead atoms. The Hall–Kier alpha value is -2.32. The van der Waals surface area contributed by atoms with Crippen LogP contribution in [0, 0.1) is 5.92 Å². The van der Waals surface area contributed by atoms with Gasteiger partial charge in [-0.1, -0.05) is 18.3 Å². The Morgan fingerprint density at radius 1 is 1.30 bits per heavy atom. The summed E-state index contributed by atoms with van der Waals surface area (Å²) in [5.41, 5.74) is 1.09. The van der Waals surface area contributed by atoms with Crippen molar-refractivity contribution in [2.24, 2.45) is 5.92 Å². The lowest BCUT2D eigenvalue weighted by Crippen LogP contribution is -3.13. The van der Waals surface area contributed by atoms with Crippen LogP contribution in [-0.4, -0.2) is 47.0 Å². The minimum Gasteiger partial charge on any atom is -0.493 e. The maximum absolute atomic E-state index is 10.8. The van der Waals surface area contributed by atoms with E-state index in [0.29, 0.717) is 22.4 Å². The van der Waals surface area contributed by atoms with E-state index in [1.807, 2.05) is 12.1 Å². The molecule has 1 aliphatic heterocycles. The number of nitrogens with zero attached hydrogens (tertiary/aromatic N) is 3. The molecule has 2 aromatic heterocycles. The van der Waals surface area contributed by atoms with Crippen molar-refractivity contribution < 1.29 is 19.5 Å². The summed E-state index contributed by atoms with van der Waals surface area (Å²) in [7, 11) is 3.28. The second-order valence-corrected chi connectivity index (χ2v) is 8.16. The summed E-state index contributed by atoms with van der Waals surface area (Å²) in [6.45, 7) is 4.43. The normalized spacial score (nSPS) is 21.3. The fourth-order valence-corrected chi connectivity index (χ4v) is 5.19. The molecule has 0 amide bonds. The summed E-state index contributed by atoms with van der Waals surface area (Å²) >= 11 is 1.50. The first-order chi connectivity index (χ1) is 13.1. The van der Waals surface area contributed by atoms with Crippen LogP contribution in [0.5, 0.6) is 17.4 Å². The number of thiazole rings is 1. The third-order valence-electron chi connectivity index (χ3n) is 5.36.